The minimum absolute atomic E-state index is 0.0359. The van der Waals surface area contributed by atoms with Crippen LogP contribution in [0.1, 0.15) is 0 Å². The van der Waals surface area contributed by atoms with Crippen LogP contribution in [-0.2, 0) is 0 Å². The van der Waals surface area contributed by atoms with E-state index in [-0.39, 0.29) is 17.1 Å². The van der Waals surface area contributed by atoms with Crippen molar-refractivity contribution in [2.24, 2.45) is 5.84 Å². The molecule has 21 heavy (non-hydrogen) atoms. The van der Waals surface area contributed by atoms with E-state index in [1.807, 2.05) is 0 Å². The van der Waals surface area contributed by atoms with E-state index in [1.54, 1.807) is 12.1 Å². The first-order valence-corrected chi connectivity index (χ1v) is 6.51. The molecule has 0 atom stereocenters. The van der Waals surface area contributed by atoms with Crippen LogP contribution in [0.4, 0.5) is 17.1 Å². The predicted octanol–water partition coefficient (Wildman–Crippen LogP) is 2.94. The van der Waals surface area contributed by atoms with Crippen molar-refractivity contribution in [3.63, 3.8) is 0 Å². The molecule has 0 saturated carbocycles. The molecule has 0 aliphatic carbocycles. The maximum atomic E-state index is 11.1. The number of nitrogens with two attached hydrogens (primary N) is 1. The number of nitrogens with one attached hydrogen (secondary N) is 1. The molecule has 0 aliphatic heterocycles. The van der Waals surface area contributed by atoms with Gasteiger partial charge < -0.3 is 5.43 Å². The highest BCUT2D eigenvalue weighted by Crippen LogP contribution is 2.39. The lowest BCUT2D eigenvalue weighted by Gasteiger charge is -2.07. The Balaban J connectivity index is 2.35. The molecule has 2 aromatic carbocycles. The van der Waals surface area contributed by atoms with Crippen molar-refractivity contribution < 1.29 is 9.85 Å². The Kier molecular flexibility index (Phi) is 4.36. The number of hydrazine groups is 1. The highest BCUT2D eigenvalue weighted by molar-refractivity contribution is 7.99. The molecule has 9 heteroatoms. The molecule has 2 aromatic rings. The highest BCUT2D eigenvalue weighted by Gasteiger charge is 2.20. The van der Waals surface area contributed by atoms with E-state index in [9.17, 15) is 20.2 Å². The van der Waals surface area contributed by atoms with Crippen LogP contribution >= 0.6 is 11.8 Å². The largest absolute Gasteiger partial charge is 0.318 e. The quantitative estimate of drug-likeness (QED) is 0.494. The zero-order chi connectivity index (χ0) is 15.4. The Morgan fingerprint density at radius 2 is 1.67 bits per heavy atom. The molecule has 108 valence electrons. The fourth-order valence-corrected chi connectivity index (χ4v) is 2.63. The molecular weight excluding hydrogens is 296 g/mol. The molecule has 8 nitrogen and oxygen atoms in total. The second kappa shape index (κ2) is 6.20. The van der Waals surface area contributed by atoms with Gasteiger partial charge in [-0.3, -0.25) is 26.1 Å². The molecule has 0 bridgehead atoms. The summed E-state index contributed by atoms with van der Waals surface area (Å²) in [5, 5.41) is 21.7. The number of hydrogen-bond acceptors (Lipinski definition) is 7. The third-order valence-corrected chi connectivity index (χ3v) is 3.67. The summed E-state index contributed by atoms with van der Waals surface area (Å²) < 4.78 is 0. The summed E-state index contributed by atoms with van der Waals surface area (Å²) in [7, 11) is 0. The minimum atomic E-state index is -0.525. The van der Waals surface area contributed by atoms with E-state index in [1.165, 1.54) is 30.3 Å². The molecule has 0 saturated heterocycles. The van der Waals surface area contributed by atoms with Gasteiger partial charge in [-0.05, 0) is 24.3 Å². The summed E-state index contributed by atoms with van der Waals surface area (Å²) in [6, 6.07) is 10.5. The van der Waals surface area contributed by atoms with Crippen LogP contribution in [0.3, 0.4) is 0 Å². The van der Waals surface area contributed by atoms with Gasteiger partial charge in [0.25, 0.3) is 5.69 Å². The average molecular weight is 306 g/mol. The second-order valence-electron chi connectivity index (χ2n) is 3.91. The van der Waals surface area contributed by atoms with Gasteiger partial charge in [0.15, 0.2) is 0 Å². The number of non-ortho nitro benzene ring substituents is 1. The number of hydrogen-bond donors (Lipinski definition) is 2. The first-order valence-electron chi connectivity index (χ1n) is 5.69. The maximum absolute atomic E-state index is 11.1. The molecule has 0 radical (unpaired) electrons. The summed E-state index contributed by atoms with van der Waals surface area (Å²) in [6.45, 7) is 0. The molecule has 0 amide bonds. The molecule has 0 aromatic heterocycles. The molecule has 0 unspecified atom stereocenters. The predicted molar refractivity (Wildman–Crippen MR) is 78.1 cm³/mol. The number of anilines is 1. The van der Waals surface area contributed by atoms with Gasteiger partial charge >= 0.3 is 5.69 Å². The first-order chi connectivity index (χ1) is 10.0. The summed E-state index contributed by atoms with van der Waals surface area (Å²) in [5.41, 5.74) is 2.31. The Hall–Kier alpha value is -2.65. The fourth-order valence-electron chi connectivity index (χ4n) is 1.67. The van der Waals surface area contributed by atoms with Gasteiger partial charge in [-0.1, -0.05) is 17.8 Å². The number of nitrogen functional groups attached to an aromatic ring is 1. The van der Waals surface area contributed by atoms with E-state index in [0.717, 1.165) is 11.8 Å². The van der Waals surface area contributed by atoms with Crippen molar-refractivity contribution in [1.82, 2.24) is 0 Å². The SMILES string of the molecule is NNc1cccc(Sc2ccc([N+](=O)[O-])cc2)c1[N+](=O)[O-]. The Morgan fingerprint density at radius 1 is 1.00 bits per heavy atom. The summed E-state index contributed by atoms with van der Waals surface area (Å²) in [5.74, 6) is 5.27. The highest BCUT2D eigenvalue weighted by atomic mass is 32.2. The van der Waals surface area contributed by atoms with Gasteiger partial charge in [-0.15, -0.1) is 0 Å². The fraction of sp³-hybridized carbons (Fsp3) is 0. The zero-order valence-electron chi connectivity index (χ0n) is 10.6. The van der Waals surface area contributed by atoms with Crippen LogP contribution < -0.4 is 11.3 Å². The molecule has 3 N–H and O–H groups in total. The van der Waals surface area contributed by atoms with E-state index >= 15 is 0 Å². The number of rotatable bonds is 5. The number of nitro groups is 2. The average Bonchev–Trinajstić information content (AvgIpc) is 2.47. The van der Waals surface area contributed by atoms with Gasteiger partial charge in [-0.25, -0.2) is 0 Å². The smallest absolute Gasteiger partial charge is 0.307 e. The third kappa shape index (κ3) is 3.27. The van der Waals surface area contributed by atoms with Crippen LogP contribution in [-0.4, -0.2) is 9.85 Å². The molecule has 0 spiro atoms. The van der Waals surface area contributed by atoms with Crippen molar-refractivity contribution in [3.05, 3.63) is 62.7 Å². The van der Waals surface area contributed by atoms with Gasteiger partial charge in [0, 0.05) is 17.0 Å². The van der Waals surface area contributed by atoms with Gasteiger partial charge in [0.2, 0.25) is 0 Å². The van der Waals surface area contributed by atoms with E-state index in [4.69, 9.17) is 5.84 Å². The Labute approximate surface area is 123 Å². The standard InChI is InChI=1S/C12H10N4O4S/c13-14-10-2-1-3-11(12(10)16(19)20)21-9-6-4-8(5-7-9)15(17)18/h1-7,14H,13H2. The van der Waals surface area contributed by atoms with Crippen molar-refractivity contribution in [1.29, 1.82) is 0 Å². The van der Waals surface area contributed by atoms with Crippen LogP contribution in [0, 0.1) is 20.2 Å². The lowest BCUT2D eigenvalue weighted by atomic mass is 10.3. The van der Waals surface area contributed by atoms with Crippen molar-refractivity contribution in [3.8, 4) is 0 Å². The maximum Gasteiger partial charge on any atom is 0.307 e. The number of nitrogens with zero attached hydrogens (tertiary/aromatic N) is 2. The molecule has 0 heterocycles. The van der Waals surface area contributed by atoms with Crippen LogP contribution in [0.2, 0.25) is 0 Å². The van der Waals surface area contributed by atoms with Crippen molar-refractivity contribution in [2.75, 3.05) is 5.43 Å². The topological polar surface area (TPSA) is 124 Å². The minimum Gasteiger partial charge on any atom is -0.318 e. The molecular formula is C12H10N4O4S. The van der Waals surface area contributed by atoms with Crippen molar-refractivity contribution >= 4 is 28.8 Å². The number of para-hydroxylation sites is 1. The van der Waals surface area contributed by atoms with Gasteiger partial charge in [0.05, 0.1) is 14.7 Å². The Bertz CT molecular complexity index is 690. The van der Waals surface area contributed by atoms with Crippen LogP contribution in [0.5, 0.6) is 0 Å². The second-order valence-corrected chi connectivity index (χ2v) is 5.02. The van der Waals surface area contributed by atoms with E-state index in [0.29, 0.717) is 9.79 Å². The molecule has 0 aliphatic rings. The first kappa shape index (κ1) is 14.8. The van der Waals surface area contributed by atoms with E-state index < -0.39 is 9.85 Å². The summed E-state index contributed by atoms with van der Waals surface area (Å²) in [4.78, 5) is 21.7. The molecule has 0 fully saturated rings. The monoisotopic (exact) mass is 306 g/mol. The zero-order valence-corrected chi connectivity index (χ0v) is 11.4. The van der Waals surface area contributed by atoms with Gasteiger partial charge in [0.1, 0.15) is 5.69 Å². The van der Waals surface area contributed by atoms with Crippen molar-refractivity contribution in [2.45, 2.75) is 9.79 Å². The van der Waals surface area contributed by atoms with Crippen LogP contribution in [0.15, 0.2) is 52.3 Å². The molecule has 2 rings (SSSR count). The number of benzene rings is 2. The lowest BCUT2D eigenvalue weighted by Crippen LogP contribution is -2.09. The third-order valence-electron chi connectivity index (χ3n) is 2.61. The normalized spacial score (nSPS) is 10.1. The Morgan fingerprint density at radius 3 is 2.19 bits per heavy atom. The lowest BCUT2D eigenvalue weighted by molar-refractivity contribution is -0.386. The van der Waals surface area contributed by atoms with Gasteiger partial charge in [-0.2, -0.15) is 0 Å². The summed E-state index contributed by atoms with van der Waals surface area (Å²) in [6.07, 6.45) is 0. The summed E-state index contributed by atoms with van der Waals surface area (Å²) >= 11 is 1.13. The van der Waals surface area contributed by atoms with E-state index in [2.05, 4.69) is 5.43 Å². The number of nitro benzene ring substituents is 2. The van der Waals surface area contributed by atoms with Crippen LogP contribution in [0.25, 0.3) is 0 Å².